The van der Waals surface area contributed by atoms with Gasteiger partial charge in [0.2, 0.25) is 5.91 Å². The Labute approximate surface area is 260 Å². The molecule has 3 fully saturated rings. The minimum absolute atomic E-state index is 0.0254. The molecule has 6 rings (SSSR count). The fourth-order valence-electron chi connectivity index (χ4n) is 7.27. The molecule has 9 heteroatoms. The van der Waals surface area contributed by atoms with Crippen molar-refractivity contribution in [2.75, 3.05) is 59.2 Å². The average molecular weight is 602 g/mol. The van der Waals surface area contributed by atoms with E-state index in [1.54, 1.807) is 0 Å². The molecule has 0 spiro atoms. The lowest BCUT2D eigenvalue weighted by Crippen LogP contribution is -2.50. The van der Waals surface area contributed by atoms with Crippen LogP contribution in [0.3, 0.4) is 0 Å². The molecule has 3 aromatic rings. The van der Waals surface area contributed by atoms with Crippen molar-refractivity contribution < 1.29 is 19.1 Å². The first-order valence-electron chi connectivity index (χ1n) is 16.2. The molecule has 0 aliphatic carbocycles. The van der Waals surface area contributed by atoms with Crippen LogP contribution in [0.5, 0.6) is 0 Å². The van der Waals surface area contributed by atoms with Gasteiger partial charge in [0, 0.05) is 79.9 Å². The molecule has 0 saturated carbocycles. The van der Waals surface area contributed by atoms with E-state index in [0.29, 0.717) is 25.3 Å². The number of carbonyl (C=O) groups is 2. The summed E-state index contributed by atoms with van der Waals surface area (Å²) in [5, 5.41) is 6.17. The van der Waals surface area contributed by atoms with Gasteiger partial charge in [0.15, 0.2) is 0 Å². The third-order valence-electron chi connectivity index (χ3n) is 9.81. The van der Waals surface area contributed by atoms with Gasteiger partial charge in [-0.15, -0.1) is 0 Å². The Morgan fingerprint density at radius 1 is 1.02 bits per heavy atom. The first-order valence-corrected chi connectivity index (χ1v) is 16.2. The monoisotopic (exact) mass is 601 g/mol. The fraction of sp³-hybridized carbons (Fsp3) is 0.543. The third kappa shape index (κ3) is 6.56. The van der Waals surface area contributed by atoms with Gasteiger partial charge in [-0.3, -0.25) is 19.4 Å². The van der Waals surface area contributed by atoms with Gasteiger partial charge in [0.05, 0.1) is 32.3 Å². The summed E-state index contributed by atoms with van der Waals surface area (Å²) in [6.45, 7) is 16.3. The van der Waals surface area contributed by atoms with Crippen molar-refractivity contribution in [2.24, 2.45) is 11.8 Å². The molecule has 2 aromatic heterocycles. The van der Waals surface area contributed by atoms with E-state index in [9.17, 15) is 9.59 Å². The number of fused-ring (bicyclic) bond motifs is 1. The number of benzene rings is 1. The molecule has 2 amide bonds. The Kier molecular flexibility index (Phi) is 9.37. The van der Waals surface area contributed by atoms with Gasteiger partial charge in [-0.1, -0.05) is 25.1 Å². The van der Waals surface area contributed by atoms with E-state index in [-0.39, 0.29) is 35.7 Å². The van der Waals surface area contributed by atoms with Crippen LogP contribution in [0.4, 0.5) is 0 Å². The Morgan fingerprint density at radius 2 is 1.75 bits per heavy atom. The highest BCUT2D eigenvalue weighted by Gasteiger charge is 2.33. The lowest BCUT2D eigenvalue weighted by molar-refractivity contribution is -0.129. The molecular weight excluding hydrogens is 554 g/mol. The van der Waals surface area contributed by atoms with Gasteiger partial charge >= 0.3 is 0 Å². The highest BCUT2D eigenvalue weighted by atomic mass is 16.5. The summed E-state index contributed by atoms with van der Waals surface area (Å²) in [6.07, 6.45) is 3.14. The second-order valence-corrected chi connectivity index (χ2v) is 12.9. The smallest absolute Gasteiger partial charge is 0.251 e. The zero-order chi connectivity index (χ0) is 30.8. The number of rotatable bonds is 8. The predicted molar refractivity (Wildman–Crippen MR) is 172 cm³/mol. The van der Waals surface area contributed by atoms with Gasteiger partial charge in [-0.05, 0) is 68.0 Å². The third-order valence-corrected chi connectivity index (χ3v) is 9.81. The van der Waals surface area contributed by atoms with Crippen molar-refractivity contribution in [1.82, 2.24) is 24.8 Å². The van der Waals surface area contributed by atoms with Crippen molar-refractivity contribution in [3.8, 4) is 11.1 Å². The number of morpholine rings is 2. The van der Waals surface area contributed by atoms with E-state index in [2.05, 4.69) is 82.1 Å². The number of amides is 2. The van der Waals surface area contributed by atoms with E-state index in [1.165, 1.54) is 11.1 Å². The summed E-state index contributed by atoms with van der Waals surface area (Å²) in [5.41, 5.74) is 7.31. The van der Waals surface area contributed by atoms with Gasteiger partial charge in [-0.2, -0.15) is 0 Å². The van der Waals surface area contributed by atoms with Crippen molar-refractivity contribution in [3.05, 3.63) is 65.0 Å². The van der Waals surface area contributed by atoms with E-state index in [4.69, 9.17) is 9.47 Å². The zero-order valence-electron chi connectivity index (χ0n) is 26.6. The normalized spacial score (nSPS) is 24.3. The lowest BCUT2D eigenvalue weighted by Gasteiger charge is -2.34. The largest absolute Gasteiger partial charge is 0.379 e. The number of pyridine rings is 1. The lowest BCUT2D eigenvalue weighted by atomic mass is 9.84. The van der Waals surface area contributed by atoms with Crippen LogP contribution < -0.4 is 10.6 Å². The summed E-state index contributed by atoms with van der Waals surface area (Å²) >= 11 is 0. The van der Waals surface area contributed by atoms with Crippen molar-refractivity contribution in [1.29, 1.82) is 0 Å². The van der Waals surface area contributed by atoms with Crippen LogP contribution in [-0.4, -0.2) is 91.2 Å². The van der Waals surface area contributed by atoms with Crippen LogP contribution in [0.15, 0.2) is 42.6 Å². The molecule has 4 atom stereocenters. The fourth-order valence-corrected chi connectivity index (χ4v) is 7.27. The summed E-state index contributed by atoms with van der Waals surface area (Å²) in [7, 11) is 0. The van der Waals surface area contributed by atoms with E-state index in [1.807, 2.05) is 13.0 Å². The van der Waals surface area contributed by atoms with Crippen LogP contribution >= 0.6 is 0 Å². The Morgan fingerprint density at radius 3 is 2.48 bits per heavy atom. The number of piperidine rings is 1. The highest BCUT2D eigenvalue weighted by molar-refractivity contribution is 5.97. The standard InChI is InChI=1S/C35H47N5O4/c1-23-16-24(2)37-35(42)32(23)20-36-34(41)31-19-30-18-29(28-7-5-6-27(17-28)21-38-8-12-43-13-9-38)22-40(30)33(25(31)3)26(4)39-10-14-44-15-11-39/h5-7,17-19,22-24,26,32H,8-16,20-21H2,1-4H3,(H,36,41)(H,37,42). The summed E-state index contributed by atoms with van der Waals surface area (Å²) < 4.78 is 13.5. The van der Waals surface area contributed by atoms with E-state index < -0.39 is 0 Å². The van der Waals surface area contributed by atoms with Crippen molar-refractivity contribution in [3.63, 3.8) is 0 Å². The molecule has 3 saturated heterocycles. The van der Waals surface area contributed by atoms with Gasteiger partial charge < -0.3 is 24.5 Å². The molecule has 3 aliphatic rings. The molecule has 236 valence electrons. The summed E-state index contributed by atoms with van der Waals surface area (Å²) in [6, 6.07) is 13.2. The zero-order valence-corrected chi connectivity index (χ0v) is 26.6. The number of aromatic nitrogens is 1. The molecule has 1 aromatic carbocycles. The average Bonchev–Trinajstić information content (AvgIpc) is 3.45. The molecule has 5 heterocycles. The molecule has 0 bridgehead atoms. The number of nitrogens with zero attached hydrogens (tertiary/aromatic N) is 3. The molecule has 3 aliphatic heterocycles. The first kappa shape index (κ1) is 30.8. The number of nitrogens with one attached hydrogen (secondary N) is 2. The van der Waals surface area contributed by atoms with Crippen molar-refractivity contribution >= 4 is 17.3 Å². The van der Waals surface area contributed by atoms with E-state index in [0.717, 1.165) is 74.7 Å². The Balaban J connectivity index is 1.32. The van der Waals surface area contributed by atoms with Crippen LogP contribution in [0, 0.1) is 18.8 Å². The Bertz CT molecular complexity index is 1490. The van der Waals surface area contributed by atoms with Crippen LogP contribution in [0.2, 0.25) is 0 Å². The Hall–Kier alpha value is -3.24. The molecule has 0 radical (unpaired) electrons. The van der Waals surface area contributed by atoms with Crippen molar-refractivity contribution in [2.45, 2.75) is 52.7 Å². The summed E-state index contributed by atoms with van der Waals surface area (Å²) in [4.78, 5) is 31.4. The maximum Gasteiger partial charge on any atom is 0.251 e. The molecule has 44 heavy (non-hydrogen) atoms. The number of carbonyl (C=O) groups excluding carboxylic acids is 2. The molecule has 4 unspecified atom stereocenters. The van der Waals surface area contributed by atoms with Crippen LogP contribution in [-0.2, 0) is 20.8 Å². The first-order chi connectivity index (χ1) is 21.3. The minimum Gasteiger partial charge on any atom is -0.379 e. The minimum atomic E-state index is -0.226. The predicted octanol–water partition coefficient (Wildman–Crippen LogP) is 4.03. The van der Waals surface area contributed by atoms with Gasteiger partial charge in [0.25, 0.3) is 5.91 Å². The number of hydrogen-bond donors (Lipinski definition) is 2. The quantitative estimate of drug-likeness (QED) is 0.406. The van der Waals surface area contributed by atoms with Gasteiger partial charge in [0.1, 0.15) is 0 Å². The number of ether oxygens (including phenoxy) is 2. The molecular formula is C35H47N5O4. The SMILES string of the molecule is Cc1c(C(=O)NCC2C(=O)NC(C)CC2C)cc2cc(-c3cccc(CN4CCOCC4)c3)cn2c1C(C)N1CCOCC1. The highest BCUT2D eigenvalue weighted by Crippen LogP contribution is 2.33. The topological polar surface area (TPSA) is 87.5 Å². The van der Waals surface area contributed by atoms with E-state index >= 15 is 0 Å². The maximum atomic E-state index is 13.8. The maximum absolute atomic E-state index is 13.8. The molecule has 2 N–H and O–H groups in total. The van der Waals surface area contributed by atoms with Crippen LogP contribution in [0.1, 0.15) is 60.4 Å². The van der Waals surface area contributed by atoms with Gasteiger partial charge in [-0.25, -0.2) is 0 Å². The van der Waals surface area contributed by atoms with Crippen LogP contribution in [0.25, 0.3) is 16.6 Å². The number of hydrogen-bond acceptors (Lipinski definition) is 6. The second-order valence-electron chi connectivity index (χ2n) is 12.9. The summed E-state index contributed by atoms with van der Waals surface area (Å²) in [5.74, 6) is -0.117. The molecule has 9 nitrogen and oxygen atoms in total. The second kappa shape index (κ2) is 13.4.